The van der Waals surface area contributed by atoms with Crippen molar-refractivity contribution in [2.45, 2.75) is 20.0 Å². The molecule has 0 radical (unpaired) electrons. The molecule has 4 nitrogen and oxygen atoms in total. The molecular formula is C18H21NO3. The lowest BCUT2D eigenvalue weighted by Gasteiger charge is -2.15. The molecule has 1 amide bonds. The highest BCUT2D eigenvalue weighted by Gasteiger charge is 2.19. The summed E-state index contributed by atoms with van der Waals surface area (Å²) in [6.07, 6.45) is -0.646. The van der Waals surface area contributed by atoms with Gasteiger partial charge in [0.2, 0.25) is 0 Å². The van der Waals surface area contributed by atoms with Gasteiger partial charge in [0.15, 0.2) is 6.10 Å². The van der Waals surface area contributed by atoms with E-state index in [1.54, 1.807) is 7.05 Å². The van der Waals surface area contributed by atoms with Gasteiger partial charge in [-0.2, -0.15) is 0 Å². The number of amides is 1. The Morgan fingerprint density at radius 2 is 1.73 bits per heavy atom. The molecule has 22 heavy (non-hydrogen) atoms. The maximum Gasteiger partial charge on any atom is 0.253 e. The molecule has 1 N–H and O–H groups in total. The lowest BCUT2D eigenvalue weighted by molar-refractivity contribution is -0.130. The zero-order chi connectivity index (χ0) is 16.1. The molecule has 0 aliphatic heterocycles. The van der Waals surface area contributed by atoms with Crippen LogP contribution in [-0.2, 0) is 9.53 Å². The van der Waals surface area contributed by atoms with Gasteiger partial charge >= 0.3 is 0 Å². The van der Waals surface area contributed by atoms with Crippen molar-refractivity contribution in [3.8, 4) is 11.5 Å². The van der Waals surface area contributed by atoms with Crippen LogP contribution < -0.4 is 10.1 Å². The highest BCUT2D eigenvalue weighted by molar-refractivity contribution is 5.82. The van der Waals surface area contributed by atoms with E-state index in [-0.39, 0.29) is 5.91 Å². The summed E-state index contributed by atoms with van der Waals surface area (Å²) < 4.78 is 11.2. The van der Waals surface area contributed by atoms with E-state index < -0.39 is 6.10 Å². The predicted octanol–water partition coefficient (Wildman–Crippen LogP) is 3.53. The quantitative estimate of drug-likeness (QED) is 0.918. The van der Waals surface area contributed by atoms with Gasteiger partial charge in [-0.15, -0.1) is 0 Å². The van der Waals surface area contributed by atoms with Crippen molar-refractivity contribution in [2.24, 2.45) is 0 Å². The minimum Gasteiger partial charge on any atom is -0.457 e. The Morgan fingerprint density at radius 1 is 1.05 bits per heavy atom. The first-order valence-electron chi connectivity index (χ1n) is 7.14. The summed E-state index contributed by atoms with van der Waals surface area (Å²) >= 11 is 0. The molecule has 2 aromatic carbocycles. The van der Waals surface area contributed by atoms with Crippen LogP contribution in [0.5, 0.6) is 11.5 Å². The van der Waals surface area contributed by atoms with Crippen LogP contribution in [0.3, 0.4) is 0 Å². The molecular weight excluding hydrogens is 278 g/mol. The van der Waals surface area contributed by atoms with Crippen molar-refractivity contribution >= 4 is 5.91 Å². The number of hydrogen-bond donors (Lipinski definition) is 1. The molecule has 0 bridgehead atoms. The molecule has 4 heteroatoms. The molecule has 116 valence electrons. The fourth-order valence-electron chi connectivity index (χ4n) is 2.39. The van der Waals surface area contributed by atoms with E-state index in [0.717, 1.165) is 22.4 Å². The van der Waals surface area contributed by atoms with E-state index in [1.165, 1.54) is 7.11 Å². The SMILES string of the molecule is CNC(=O)C(OC)c1cccc(Oc2cc(C)cc(C)c2)c1. The minimum atomic E-state index is -0.646. The zero-order valence-electron chi connectivity index (χ0n) is 13.3. The maximum absolute atomic E-state index is 11.8. The lowest BCUT2D eigenvalue weighted by Crippen LogP contribution is -2.26. The number of rotatable bonds is 5. The van der Waals surface area contributed by atoms with E-state index in [2.05, 4.69) is 11.4 Å². The lowest BCUT2D eigenvalue weighted by atomic mass is 10.1. The molecule has 0 aliphatic rings. The van der Waals surface area contributed by atoms with Crippen molar-refractivity contribution < 1.29 is 14.3 Å². The Bertz CT molecular complexity index is 647. The highest BCUT2D eigenvalue weighted by Crippen LogP contribution is 2.27. The van der Waals surface area contributed by atoms with E-state index in [0.29, 0.717) is 5.75 Å². The Labute approximate surface area is 131 Å². The summed E-state index contributed by atoms with van der Waals surface area (Å²) in [5.41, 5.74) is 3.04. The first-order valence-corrected chi connectivity index (χ1v) is 7.14. The van der Waals surface area contributed by atoms with Gasteiger partial charge in [-0.05, 0) is 54.8 Å². The van der Waals surface area contributed by atoms with Crippen molar-refractivity contribution in [1.29, 1.82) is 0 Å². The van der Waals surface area contributed by atoms with Crippen LogP contribution in [0, 0.1) is 13.8 Å². The van der Waals surface area contributed by atoms with E-state index in [1.807, 2.05) is 50.2 Å². The number of carbonyl (C=O) groups excluding carboxylic acids is 1. The average Bonchev–Trinajstić information content (AvgIpc) is 2.47. The van der Waals surface area contributed by atoms with Crippen LogP contribution in [-0.4, -0.2) is 20.1 Å². The normalized spacial score (nSPS) is 11.8. The molecule has 0 aromatic heterocycles. The second kappa shape index (κ2) is 7.09. The number of carbonyl (C=O) groups is 1. The standard InChI is InChI=1S/C18H21NO3/c1-12-8-13(2)10-16(9-12)22-15-7-5-6-14(11-15)17(21-4)18(20)19-3/h5-11,17H,1-4H3,(H,19,20). The summed E-state index contributed by atoms with van der Waals surface area (Å²) in [5, 5.41) is 2.59. The van der Waals surface area contributed by atoms with Crippen molar-refractivity contribution in [3.63, 3.8) is 0 Å². The van der Waals surface area contributed by atoms with Crippen LogP contribution in [0.2, 0.25) is 0 Å². The van der Waals surface area contributed by atoms with Crippen LogP contribution >= 0.6 is 0 Å². The van der Waals surface area contributed by atoms with E-state index in [4.69, 9.17) is 9.47 Å². The predicted molar refractivity (Wildman–Crippen MR) is 86.2 cm³/mol. The van der Waals surface area contributed by atoms with Gasteiger partial charge in [0, 0.05) is 14.2 Å². The Morgan fingerprint density at radius 3 is 2.32 bits per heavy atom. The second-order valence-electron chi connectivity index (χ2n) is 5.23. The van der Waals surface area contributed by atoms with Gasteiger partial charge in [0.05, 0.1) is 0 Å². The monoisotopic (exact) mass is 299 g/mol. The molecule has 0 spiro atoms. The van der Waals surface area contributed by atoms with Gasteiger partial charge in [-0.25, -0.2) is 0 Å². The smallest absolute Gasteiger partial charge is 0.253 e. The van der Waals surface area contributed by atoms with Crippen LogP contribution in [0.1, 0.15) is 22.8 Å². The number of methoxy groups -OCH3 is 1. The summed E-state index contributed by atoms with van der Waals surface area (Å²) in [7, 11) is 3.10. The van der Waals surface area contributed by atoms with E-state index in [9.17, 15) is 4.79 Å². The topological polar surface area (TPSA) is 47.6 Å². The Hall–Kier alpha value is -2.33. The molecule has 0 aliphatic carbocycles. The summed E-state index contributed by atoms with van der Waals surface area (Å²) in [4.78, 5) is 11.8. The summed E-state index contributed by atoms with van der Waals surface area (Å²) in [5.74, 6) is 1.27. The molecule has 0 saturated heterocycles. The molecule has 1 atom stereocenters. The number of benzene rings is 2. The van der Waals surface area contributed by atoms with Crippen LogP contribution in [0.4, 0.5) is 0 Å². The van der Waals surface area contributed by atoms with Gasteiger partial charge in [0.1, 0.15) is 11.5 Å². The fraction of sp³-hybridized carbons (Fsp3) is 0.278. The number of aryl methyl sites for hydroxylation is 2. The minimum absolute atomic E-state index is 0.189. The van der Waals surface area contributed by atoms with Gasteiger partial charge in [-0.1, -0.05) is 18.2 Å². The molecule has 0 saturated carbocycles. The second-order valence-corrected chi connectivity index (χ2v) is 5.23. The molecule has 0 fully saturated rings. The molecule has 0 heterocycles. The van der Waals surface area contributed by atoms with Crippen molar-refractivity contribution in [1.82, 2.24) is 5.32 Å². The summed E-state index contributed by atoms with van der Waals surface area (Å²) in [6.45, 7) is 4.06. The first-order chi connectivity index (χ1) is 10.5. The number of ether oxygens (including phenoxy) is 2. The van der Waals surface area contributed by atoms with Crippen molar-refractivity contribution in [3.05, 3.63) is 59.2 Å². The van der Waals surface area contributed by atoms with Crippen LogP contribution in [0.25, 0.3) is 0 Å². The fourth-order valence-corrected chi connectivity index (χ4v) is 2.39. The number of likely N-dealkylation sites (N-methyl/N-ethyl adjacent to an activating group) is 1. The third-order valence-corrected chi connectivity index (χ3v) is 3.31. The van der Waals surface area contributed by atoms with Crippen LogP contribution in [0.15, 0.2) is 42.5 Å². The third kappa shape index (κ3) is 3.86. The largest absolute Gasteiger partial charge is 0.457 e. The third-order valence-electron chi connectivity index (χ3n) is 3.31. The highest BCUT2D eigenvalue weighted by atomic mass is 16.5. The molecule has 1 unspecified atom stereocenters. The molecule has 2 rings (SSSR count). The maximum atomic E-state index is 11.8. The van der Waals surface area contributed by atoms with Gasteiger partial charge in [-0.3, -0.25) is 4.79 Å². The Balaban J connectivity index is 2.26. The number of nitrogens with one attached hydrogen (secondary N) is 1. The van der Waals surface area contributed by atoms with Crippen molar-refractivity contribution in [2.75, 3.05) is 14.2 Å². The van der Waals surface area contributed by atoms with Gasteiger partial charge in [0.25, 0.3) is 5.91 Å². The summed E-state index contributed by atoms with van der Waals surface area (Å²) in [6, 6.07) is 13.4. The van der Waals surface area contributed by atoms with Gasteiger partial charge < -0.3 is 14.8 Å². The number of hydrogen-bond acceptors (Lipinski definition) is 3. The van der Waals surface area contributed by atoms with E-state index >= 15 is 0 Å². The zero-order valence-corrected chi connectivity index (χ0v) is 13.3. The molecule has 2 aromatic rings. The Kier molecular flexibility index (Phi) is 5.17. The average molecular weight is 299 g/mol. The first kappa shape index (κ1) is 16.0.